The first-order valence-corrected chi connectivity index (χ1v) is 10.2. The van der Waals surface area contributed by atoms with Crippen molar-refractivity contribution in [3.63, 3.8) is 0 Å². The topological polar surface area (TPSA) is 80.5 Å². The maximum Gasteiger partial charge on any atom is 0.227 e. The molecular weight excluding hydrogens is 296 g/mol. The maximum absolute atomic E-state index is 12.7. The Kier molecular flexibility index (Phi) is 5.36. The van der Waals surface area contributed by atoms with Gasteiger partial charge in [0.05, 0.1) is 0 Å². The van der Waals surface area contributed by atoms with Gasteiger partial charge in [-0.1, -0.05) is 13.3 Å². The molecule has 0 radical (unpaired) electrons. The van der Waals surface area contributed by atoms with E-state index in [0.717, 1.165) is 25.0 Å². The van der Waals surface area contributed by atoms with Crippen LogP contribution in [0.2, 0.25) is 0 Å². The van der Waals surface area contributed by atoms with Gasteiger partial charge in [0.2, 0.25) is 5.91 Å². The molecule has 1 saturated carbocycles. The molecule has 0 aromatic heterocycles. The molecule has 2 aliphatic rings. The van der Waals surface area contributed by atoms with Crippen LogP contribution in [-0.2, 0) is 14.6 Å². The summed E-state index contributed by atoms with van der Waals surface area (Å²) in [7, 11) is -3.22. The summed E-state index contributed by atoms with van der Waals surface area (Å²) in [6, 6.07) is 0. The number of amides is 1. The molecule has 1 aliphatic heterocycles. The second kappa shape index (κ2) is 6.66. The van der Waals surface area contributed by atoms with Crippen LogP contribution in [0.1, 0.15) is 26.2 Å². The molecule has 1 saturated heterocycles. The molecule has 0 spiro atoms. The second-order valence-electron chi connectivity index (χ2n) is 5.55. The fourth-order valence-electron chi connectivity index (χ4n) is 3.18. The van der Waals surface area contributed by atoms with Crippen molar-refractivity contribution < 1.29 is 13.2 Å². The molecule has 2 fully saturated rings. The largest absolute Gasteiger partial charge is 0.330 e. The molecule has 3 atom stereocenters. The summed E-state index contributed by atoms with van der Waals surface area (Å²) < 4.78 is 24.4. The van der Waals surface area contributed by atoms with Gasteiger partial charge in [0.15, 0.2) is 9.84 Å². The van der Waals surface area contributed by atoms with Crippen LogP contribution in [0.25, 0.3) is 0 Å². The normalized spacial score (nSPS) is 31.5. The van der Waals surface area contributed by atoms with E-state index in [1.807, 2.05) is 0 Å². The van der Waals surface area contributed by atoms with E-state index in [1.165, 1.54) is 0 Å². The van der Waals surface area contributed by atoms with Crippen molar-refractivity contribution in [2.75, 3.05) is 30.3 Å². The lowest BCUT2D eigenvalue weighted by Crippen LogP contribution is -2.53. The van der Waals surface area contributed by atoms with E-state index in [0.29, 0.717) is 18.8 Å². The number of thioether (sulfide) groups is 1. The van der Waals surface area contributed by atoms with E-state index < -0.39 is 15.2 Å². The van der Waals surface area contributed by atoms with Gasteiger partial charge >= 0.3 is 0 Å². The van der Waals surface area contributed by atoms with Gasteiger partial charge in [0.1, 0.15) is 5.37 Å². The smallest absolute Gasteiger partial charge is 0.227 e. The van der Waals surface area contributed by atoms with Crippen molar-refractivity contribution in [1.82, 2.24) is 4.90 Å². The summed E-state index contributed by atoms with van der Waals surface area (Å²) in [5.74, 6) is 1.58. The number of carbonyl (C=O) groups is 1. The van der Waals surface area contributed by atoms with Crippen molar-refractivity contribution in [3.05, 3.63) is 0 Å². The van der Waals surface area contributed by atoms with Crippen LogP contribution in [0, 0.1) is 11.8 Å². The number of hydrogen-bond acceptors (Lipinski definition) is 5. The van der Waals surface area contributed by atoms with Crippen LogP contribution in [0.3, 0.4) is 0 Å². The van der Waals surface area contributed by atoms with E-state index in [-0.39, 0.29) is 23.5 Å². The highest BCUT2D eigenvalue weighted by molar-refractivity contribution is 8.01. The average Bonchev–Trinajstić information content (AvgIpc) is 2.95. The van der Waals surface area contributed by atoms with Crippen LogP contribution in [0.5, 0.6) is 0 Å². The SMILES string of the molecule is CCS(=O)(=O)C1CSCCN1C(=O)C1CCCC1CN. The minimum atomic E-state index is -3.22. The van der Waals surface area contributed by atoms with Gasteiger partial charge < -0.3 is 10.6 Å². The molecule has 7 heteroatoms. The molecule has 0 aromatic carbocycles. The summed E-state index contributed by atoms with van der Waals surface area (Å²) >= 11 is 1.62. The van der Waals surface area contributed by atoms with Crippen molar-refractivity contribution in [3.8, 4) is 0 Å². The van der Waals surface area contributed by atoms with Crippen molar-refractivity contribution in [2.24, 2.45) is 17.6 Å². The molecule has 2 rings (SSSR count). The summed E-state index contributed by atoms with van der Waals surface area (Å²) in [6.07, 6.45) is 2.86. The van der Waals surface area contributed by atoms with Gasteiger partial charge in [0, 0.05) is 29.7 Å². The fourth-order valence-corrected chi connectivity index (χ4v) is 6.15. The first-order valence-electron chi connectivity index (χ1n) is 7.31. The van der Waals surface area contributed by atoms with E-state index in [2.05, 4.69) is 0 Å². The number of sulfone groups is 1. The van der Waals surface area contributed by atoms with Crippen molar-refractivity contribution in [1.29, 1.82) is 0 Å². The minimum absolute atomic E-state index is 0.0141. The first kappa shape index (κ1) is 16.1. The Bertz CT molecular complexity index is 453. The second-order valence-corrected chi connectivity index (χ2v) is 9.14. The van der Waals surface area contributed by atoms with Crippen LogP contribution in [0.4, 0.5) is 0 Å². The number of carbonyl (C=O) groups excluding carboxylic acids is 1. The predicted molar refractivity (Wildman–Crippen MR) is 82.2 cm³/mol. The van der Waals surface area contributed by atoms with Crippen molar-refractivity contribution in [2.45, 2.75) is 31.6 Å². The molecule has 2 N–H and O–H groups in total. The zero-order valence-corrected chi connectivity index (χ0v) is 13.6. The predicted octanol–water partition coefficient (Wildman–Crippen LogP) is 0.698. The Morgan fingerprint density at radius 3 is 2.80 bits per heavy atom. The molecule has 3 unspecified atom stereocenters. The number of nitrogens with zero attached hydrogens (tertiary/aromatic N) is 1. The van der Waals surface area contributed by atoms with E-state index in [4.69, 9.17) is 5.73 Å². The number of hydrogen-bond donors (Lipinski definition) is 1. The quantitative estimate of drug-likeness (QED) is 0.824. The Morgan fingerprint density at radius 2 is 2.15 bits per heavy atom. The molecule has 5 nitrogen and oxygen atoms in total. The average molecular weight is 320 g/mol. The third-order valence-corrected chi connectivity index (χ3v) is 7.75. The highest BCUT2D eigenvalue weighted by Gasteiger charge is 2.41. The molecular formula is C13H24N2O3S2. The van der Waals surface area contributed by atoms with E-state index in [9.17, 15) is 13.2 Å². The van der Waals surface area contributed by atoms with Crippen LogP contribution >= 0.6 is 11.8 Å². The highest BCUT2D eigenvalue weighted by Crippen LogP contribution is 2.34. The molecule has 1 amide bonds. The van der Waals surface area contributed by atoms with Gasteiger partial charge in [-0.05, 0) is 25.3 Å². The molecule has 0 bridgehead atoms. The van der Waals surface area contributed by atoms with E-state index >= 15 is 0 Å². The third-order valence-electron chi connectivity index (χ3n) is 4.46. The summed E-state index contributed by atoms with van der Waals surface area (Å²) in [6.45, 7) is 2.71. The molecule has 1 heterocycles. The fraction of sp³-hybridized carbons (Fsp3) is 0.923. The minimum Gasteiger partial charge on any atom is -0.330 e. The first-order chi connectivity index (χ1) is 9.51. The molecule has 1 aliphatic carbocycles. The zero-order valence-electron chi connectivity index (χ0n) is 12.0. The lowest BCUT2D eigenvalue weighted by molar-refractivity contribution is -0.137. The Morgan fingerprint density at radius 1 is 1.40 bits per heavy atom. The van der Waals surface area contributed by atoms with Gasteiger partial charge in [0.25, 0.3) is 0 Å². The highest BCUT2D eigenvalue weighted by atomic mass is 32.2. The lowest BCUT2D eigenvalue weighted by Gasteiger charge is -2.37. The summed E-state index contributed by atoms with van der Waals surface area (Å²) in [5, 5.41) is -0.641. The molecule has 20 heavy (non-hydrogen) atoms. The Hall–Kier alpha value is -0.270. The monoisotopic (exact) mass is 320 g/mol. The van der Waals surface area contributed by atoms with Crippen molar-refractivity contribution >= 4 is 27.5 Å². The van der Waals surface area contributed by atoms with Gasteiger partial charge in [-0.3, -0.25) is 4.79 Å². The van der Waals surface area contributed by atoms with Crippen LogP contribution < -0.4 is 5.73 Å². The molecule has 0 aromatic rings. The van der Waals surface area contributed by atoms with Gasteiger partial charge in [-0.25, -0.2) is 8.42 Å². The van der Waals surface area contributed by atoms with Crippen LogP contribution in [-0.4, -0.2) is 54.9 Å². The van der Waals surface area contributed by atoms with Crippen LogP contribution in [0.15, 0.2) is 0 Å². The van der Waals surface area contributed by atoms with Gasteiger partial charge in [-0.2, -0.15) is 11.8 Å². The Balaban J connectivity index is 2.17. The number of rotatable bonds is 4. The molecule has 116 valence electrons. The third kappa shape index (κ3) is 3.14. The maximum atomic E-state index is 12.7. The summed E-state index contributed by atoms with van der Waals surface area (Å²) in [4.78, 5) is 14.4. The standard InChI is InChI=1S/C13H24N2O3S2/c1-2-20(17,18)12-9-19-7-6-15(12)13(16)11-5-3-4-10(11)8-14/h10-12H,2-9,14H2,1H3. The zero-order chi connectivity index (χ0) is 14.8. The number of nitrogens with two attached hydrogens (primary N) is 1. The lowest BCUT2D eigenvalue weighted by atomic mass is 9.94. The van der Waals surface area contributed by atoms with Gasteiger partial charge in [-0.15, -0.1) is 0 Å². The Labute approximate surface area is 125 Å². The summed E-state index contributed by atoms with van der Waals surface area (Å²) in [5.41, 5.74) is 5.75. The van der Waals surface area contributed by atoms with E-state index in [1.54, 1.807) is 23.6 Å².